The van der Waals surface area contributed by atoms with Crippen molar-refractivity contribution in [2.75, 3.05) is 19.6 Å². The molecule has 0 radical (unpaired) electrons. The third-order valence-corrected chi connectivity index (χ3v) is 3.26. The quantitative estimate of drug-likeness (QED) is 0.681. The summed E-state index contributed by atoms with van der Waals surface area (Å²) < 4.78 is 37.1. The fourth-order valence-corrected chi connectivity index (χ4v) is 2.10. The molecular formula is C13H23F3N2O3. The minimum atomic E-state index is -4.61. The fourth-order valence-electron chi connectivity index (χ4n) is 2.10. The zero-order chi connectivity index (χ0) is 16.6. The zero-order valence-corrected chi connectivity index (χ0v) is 12.3. The molecule has 0 aromatic rings. The van der Waals surface area contributed by atoms with Crippen LogP contribution in [0.25, 0.3) is 0 Å². The summed E-state index contributed by atoms with van der Waals surface area (Å²) in [5, 5.41) is 8.60. The number of halogens is 3. The molecule has 5 nitrogen and oxygen atoms in total. The smallest absolute Gasteiger partial charge is 0.406 e. The molecule has 0 aliphatic carbocycles. The Morgan fingerprint density at radius 1 is 1.24 bits per heavy atom. The lowest BCUT2D eigenvalue weighted by atomic mass is 9.88. The Labute approximate surface area is 122 Å². The van der Waals surface area contributed by atoms with Gasteiger partial charge in [0.05, 0.1) is 0 Å². The molecule has 0 rings (SSSR count). The van der Waals surface area contributed by atoms with Crippen LogP contribution in [0.3, 0.4) is 0 Å². The zero-order valence-electron chi connectivity index (χ0n) is 12.3. The van der Waals surface area contributed by atoms with Crippen LogP contribution in [0.1, 0.15) is 33.1 Å². The van der Waals surface area contributed by atoms with Crippen molar-refractivity contribution in [2.24, 2.45) is 17.6 Å². The number of nitrogens with two attached hydrogens (primary N) is 1. The molecule has 0 aromatic carbocycles. The molecule has 0 heterocycles. The Balaban J connectivity index is 4.62. The van der Waals surface area contributed by atoms with E-state index in [1.165, 1.54) is 0 Å². The van der Waals surface area contributed by atoms with Gasteiger partial charge in [0, 0.05) is 6.42 Å². The average molecular weight is 312 g/mol. The van der Waals surface area contributed by atoms with E-state index in [-0.39, 0.29) is 18.3 Å². The van der Waals surface area contributed by atoms with Gasteiger partial charge in [0.25, 0.3) is 0 Å². The Bertz CT molecular complexity index is 346. The molecule has 0 aliphatic rings. The second-order valence-corrected chi connectivity index (χ2v) is 5.38. The maximum absolute atomic E-state index is 12.4. The monoisotopic (exact) mass is 312 g/mol. The normalized spacial score (nSPS) is 13.3. The number of amides is 1. The molecule has 0 spiro atoms. The number of carbonyl (C=O) groups excluding carboxylic acids is 1. The minimum Gasteiger partial charge on any atom is -0.480 e. The lowest BCUT2D eigenvalue weighted by Crippen LogP contribution is -2.42. The molecule has 0 saturated heterocycles. The highest BCUT2D eigenvalue weighted by Crippen LogP contribution is 2.22. The lowest BCUT2D eigenvalue weighted by molar-refractivity contribution is -0.165. The van der Waals surface area contributed by atoms with E-state index in [2.05, 4.69) is 0 Å². The molecule has 124 valence electrons. The predicted molar refractivity (Wildman–Crippen MR) is 71.5 cm³/mol. The van der Waals surface area contributed by atoms with Gasteiger partial charge in [-0.1, -0.05) is 13.8 Å². The van der Waals surface area contributed by atoms with Crippen molar-refractivity contribution in [2.45, 2.75) is 39.3 Å². The van der Waals surface area contributed by atoms with Gasteiger partial charge in [-0.3, -0.25) is 9.59 Å². The van der Waals surface area contributed by atoms with Gasteiger partial charge in [0.2, 0.25) is 5.91 Å². The van der Waals surface area contributed by atoms with E-state index in [0.29, 0.717) is 24.3 Å². The van der Waals surface area contributed by atoms with Crippen LogP contribution in [0.5, 0.6) is 0 Å². The first-order valence-corrected chi connectivity index (χ1v) is 6.83. The number of nitrogens with zero attached hydrogens (tertiary/aromatic N) is 1. The number of carboxylic acid groups (broad SMARTS) is 1. The second-order valence-electron chi connectivity index (χ2n) is 5.38. The largest absolute Gasteiger partial charge is 0.480 e. The Hall–Kier alpha value is -1.31. The molecule has 3 N–H and O–H groups in total. The van der Waals surface area contributed by atoms with Crippen LogP contribution in [0, 0.1) is 11.8 Å². The van der Waals surface area contributed by atoms with Gasteiger partial charge >= 0.3 is 12.1 Å². The summed E-state index contributed by atoms with van der Waals surface area (Å²) in [7, 11) is 0. The Morgan fingerprint density at radius 2 is 1.81 bits per heavy atom. The van der Waals surface area contributed by atoms with Crippen LogP contribution in [0.15, 0.2) is 0 Å². The first-order chi connectivity index (χ1) is 9.56. The van der Waals surface area contributed by atoms with E-state index in [1.807, 2.05) is 13.8 Å². The molecule has 1 amide bonds. The number of hydrogen-bond donors (Lipinski definition) is 2. The standard InChI is InChI=1S/C13H23F3N2O3/c1-9(2)10(5-6-17)3-4-11(19)18(7-12(20)21)8-13(14,15)16/h9-10H,3-8,17H2,1-2H3,(H,20,21). The predicted octanol–water partition coefficient (Wildman–Crippen LogP) is 1.86. The van der Waals surface area contributed by atoms with Crippen LogP contribution in [0.2, 0.25) is 0 Å². The van der Waals surface area contributed by atoms with Gasteiger partial charge in [-0.15, -0.1) is 0 Å². The molecule has 0 bridgehead atoms. The van der Waals surface area contributed by atoms with Gasteiger partial charge in [-0.05, 0) is 31.2 Å². The van der Waals surface area contributed by atoms with Crippen molar-refractivity contribution < 1.29 is 27.9 Å². The van der Waals surface area contributed by atoms with Gasteiger partial charge in [0.15, 0.2) is 0 Å². The van der Waals surface area contributed by atoms with Crippen molar-refractivity contribution >= 4 is 11.9 Å². The Kier molecular flexibility index (Phi) is 8.31. The van der Waals surface area contributed by atoms with Crippen LogP contribution < -0.4 is 5.73 Å². The summed E-state index contributed by atoms with van der Waals surface area (Å²) in [5.41, 5.74) is 5.46. The van der Waals surface area contributed by atoms with Crippen molar-refractivity contribution in [3.05, 3.63) is 0 Å². The van der Waals surface area contributed by atoms with Crippen molar-refractivity contribution in [1.29, 1.82) is 0 Å². The van der Waals surface area contributed by atoms with Crippen LogP contribution in [-0.2, 0) is 9.59 Å². The topological polar surface area (TPSA) is 83.6 Å². The molecule has 21 heavy (non-hydrogen) atoms. The summed E-state index contributed by atoms with van der Waals surface area (Å²) in [6.07, 6.45) is -3.63. The number of rotatable bonds is 9. The minimum absolute atomic E-state index is 0.105. The molecule has 0 aliphatic heterocycles. The van der Waals surface area contributed by atoms with Gasteiger partial charge in [0.1, 0.15) is 13.1 Å². The maximum atomic E-state index is 12.4. The summed E-state index contributed by atoms with van der Waals surface area (Å²) in [6, 6.07) is 0. The average Bonchev–Trinajstić information content (AvgIpc) is 2.30. The number of aliphatic carboxylic acids is 1. The van der Waals surface area contributed by atoms with Gasteiger partial charge in [-0.2, -0.15) is 13.2 Å². The highest BCUT2D eigenvalue weighted by molar-refractivity contribution is 5.81. The second kappa shape index (κ2) is 8.86. The fraction of sp³-hybridized carbons (Fsp3) is 0.846. The van der Waals surface area contributed by atoms with Crippen LogP contribution >= 0.6 is 0 Å². The first-order valence-electron chi connectivity index (χ1n) is 6.83. The van der Waals surface area contributed by atoms with E-state index in [1.54, 1.807) is 0 Å². The van der Waals surface area contributed by atoms with E-state index in [9.17, 15) is 22.8 Å². The van der Waals surface area contributed by atoms with Crippen molar-refractivity contribution in [1.82, 2.24) is 4.90 Å². The molecule has 8 heteroatoms. The Morgan fingerprint density at radius 3 is 2.19 bits per heavy atom. The van der Waals surface area contributed by atoms with E-state index in [4.69, 9.17) is 10.8 Å². The highest BCUT2D eigenvalue weighted by Gasteiger charge is 2.34. The third-order valence-electron chi connectivity index (χ3n) is 3.26. The van der Waals surface area contributed by atoms with Crippen molar-refractivity contribution in [3.8, 4) is 0 Å². The molecule has 0 saturated carbocycles. The molecular weight excluding hydrogens is 289 g/mol. The van der Waals surface area contributed by atoms with E-state index >= 15 is 0 Å². The summed E-state index contributed by atoms with van der Waals surface area (Å²) in [4.78, 5) is 22.7. The molecule has 0 aromatic heterocycles. The van der Waals surface area contributed by atoms with E-state index < -0.39 is 31.1 Å². The highest BCUT2D eigenvalue weighted by atomic mass is 19.4. The summed E-state index contributed by atoms with van der Waals surface area (Å²) >= 11 is 0. The summed E-state index contributed by atoms with van der Waals surface area (Å²) in [5.74, 6) is -1.86. The molecule has 0 fully saturated rings. The lowest BCUT2D eigenvalue weighted by Gasteiger charge is -2.24. The number of alkyl halides is 3. The summed E-state index contributed by atoms with van der Waals surface area (Å²) in [6.45, 7) is 1.87. The van der Waals surface area contributed by atoms with Gasteiger partial charge in [-0.25, -0.2) is 0 Å². The number of carboxylic acids is 1. The van der Waals surface area contributed by atoms with Gasteiger partial charge < -0.3 is 15.7 Å². The number of hydrogen-bond acceptors (Lipinski definition) is 3. The number of carbonyl (C=O) groups is 2. The molecule has 1 atom stereocenters. The SMILES string of the molecule is CC(C)C(CCN)CCC(=O)N(CC(=O)O)CC(F)(F)F. The maximum Gasteiger partial charge on any atom is 0.406 e. The van der Waals surface area contributed by atoms with Crippen LogP contribution in [-0.4, -0.2) is 47.7 Å². The third kappa shape index (κ3) is 9.28. The van der Waals surface area contributed by atoms with E-state index in [0.717, 1.165) is 0 Å². The van der Waals surface area contributed by atoms with Crippen LogP contribution in [0.4, 0.5) is 13.2 Å². The molecule has 1 unspecified atom stereocenters. The first kappa shape index (κ1) is 19.7. The van der Waals surface area contributed by atoms with Crippen molar-refractivity contribution in [3.63, 3.8) is 0 Å².